The number of rotatable bonds is 4. The first kappa shape index (κ1) is 14.5. The zero-order valence-corrected chi connectivity index (χ0v) is 12.6. The standard InChI is InChI=1S/C16H13BrF2O2/c17-14-12(6-7-13(18)15(14)19)16(20)9-2-1-3-11(8-9)21-10-4-5-10/h1-3,6-8,10,16,20H,4-5H2. The summed E-state index contributed by atoms with van der Waals surface area (Å²) >= 11 is 2.99. The highest BCUT2D eigenvalue weighted by Gasteiger charge is 2.24. The molecular formula is C16H13BrF2O2. The third-order valence-corrected chi connectivity index (χ3v) is 4.17. The summed E-state index contributed by atoms with van der Waals surface area (Å²) in [4.78, 5) is 0. The summed E-state index contributed by atoms with van der Waals surface area (Å²) in [6, 6.07) is 9.39. The minimum absolute atomic E-state index is 0.0662. The van der Waals surface area contributed by atoms with Crippen molar-refractivity contribution in [3.8, 4) is 5.75 Å². The van der Waals surface area contributed by atoms with Crippen LogP contribution in [0, 0.1) is 11.6 Å². The van der Waals surface area contributed by atoms with Crippen molar-refractivity contribution in [1.82, 2.24) is 0 Å². The van der Waals surface area contributed by atoms with Gasteiger partial charge < -0.3 is 9.84 Å². The van der Waals surface area contributed by atoms with E-state index in [4.69, 9.17) is 4.74 Å². The maximum absolute atomic E-state index is 13.6. The first-order valence-electron chi connectivity index (χ1n) is 6.64. The molecule has 1 aliphatic carbocycles. The highest BCUT2D eigenvalue weighted by Crippen LogP contribution is 2.34. The monoisotopic (exact) mass is 354 g/mol. The van der Waals surface area contributed by atoms with Crippen molar-refractivity contribution in [3.05, 3.63) is 63.6 Å². The Labute approximate surface area is 129 Å². The van der Waals surface area contributed by atoms with Crippen LogP contribution >= 0.6 is 15.9 Å². The summed E-state index contributed by atoms with van der Waals surface area (Å²) < 4.78 is 32.3. The smallest absolute Gasteiger partial charge is 0.173 e. The molecule has 2 aromatic carbocycles. The predicted octanol–water partition coefficient (Wildman–Crippen LogP) is 4.35. The van der Waals surface area contributed by atoms with Gasteiger partial charge in [-0.3, -0.25) is 0 Å². The van der Waals surface area contributed by atoms with E-state index in [1.54, 1.807) is 18.2 Å². The lowest BCUT2D eigenvalue weighted by Gasteiger charge is -2.15. The predicted molar refractivity (Wildman–Crippen MR) is 78.2 cm³/mol. The maximum Gasteiger partial charge on any atom is 0.173 e. The normalized spacial score (nSPS) is 15.8. The van der Waals surface area contributed by atoms with Crippen LogP contribution in [0.5, 0.6) is 5.75 Å². The summed E-state index contributed by atoms with van der Waals surface area (Å²) in [7, 11) is 0. The Kier molecular flexibility index (Phi) is 3.95. The minimum Gasteiger partial charge on any atom is -0.490 e. The van der Waals surface area contributed by atoms with Crippen LogP contribution in [0.4, 0.5) is 8.78 Å². The molecule has 2 nitrogen and oxygen atoms in total. The Morgan fingerprint density at radius 2 is 1.95 bits per heavy atom. The molecule has 3 rings (SSSR count). The van der Waals surface area contributed by atoms with E-state index in [0.717, 1.165) is 18.9 Å². The summed E-state index contributed by atoms with van der Waals surface area (Å²) in [6.45, 7) is 0. The molecule has 1 saturated carbocycles. The number of ether oxygens (including phenoxy) is 1. The highest BCUT2D eigenvalue weighted by atomic mass is 79.9. The van der Waals surface area contributed by atoms with Gasteiger partial charge >= 0.3 is 0 Å². The van der Waals surface area contributed by atoms with Crippen LogP contribution in [-0.4, -0.2) is 11.2 Å². The van der Waals surface area contributed by atoms with Gasteiger partial charge in [-0.25, -0.2) is 8.78 Å². The summed E-state index contributed by atoms with van der Waals surface area (Å²) in [6.07, 6.45) is 1.29. The molecule has 0 radical (unpaired) electrons. The first-order chi connectivity index (χ1) is 10.1. The fraction of sp³-hybridized carbons (Fsp3) is 0.250. The van der Waals surface area contributed by atoms with Crippen molar-refractivity contribution in [3.63, 3.8) is 0 Å². The van der Waals surface area contributed by atoms with Crippen LogP contribution < -0.4 is 4.74 Å². The van der Waals surface area contributed by atoms with Crippen molar-refractivity contribution in [1.29, 1.82) is 0 Å². The third-order valence-electron chi connectivity index (χ3n) is 3.36. The van der Waals surface area contributed by atoms with Gasteiger partial charge in [-0.2, -0.15) is 0 Å². The minimum atomic E-state index is -1.06. The molecule has 2 aromatic rings. The third kappa shape index (κ3) is 3.09. The lowest BCUT2D eigenvalue weighted by atomic mass is 10.0. The van der Waals surface area contributed by atoms with Crippen LogP contribution in [-0.2, 0) is 0 Å². The first-order valence-corrected chi connectivity index (χ1v) is 7.43. The number of hydrogen-bond donors (Lipinski definition) is 1. The lowest BCUT2D eigenvalue weighted by molar-refractivity contribution is 0.217. The van der Waals surface area contributed by atoms with E-state index in [9.17, 15) is 13.9 Å². The van der Waals surface area contributed by atoms with Crippen LogP contribution in [0.3, 0.4) is 0 Å². The molecule has 5 heteroatoms. The Morgan fingerprint density at radius 3 is 2.67 bits per heavy atom. The van der Waals surface area contributed by atoms with E-state index >= 15 is 0 Å². The quantitative estimate of drug-likeness (QED) is 0.827. The molecule has 1 unspecified atom stereocenters. The van der Waals surface area contributed by atoms with Crippen molar-refractivity contribution in [2.24, 2.45) is 0 Å². The Hall–Kier alpha value is -1.46. The van der Waals surface area contributed by atoms with E-state index in [0.29, 0.717) is 11.3 Å². The number of aliphatic hydroxyl groups is 1. The number of aliphatic hydroxyl groups excluding tert-OH is 1. The zero-order chi connectivity index (χ0) is 15.0. The Morgan fingerprint density at radius 1 is 1.19 bits per heavy atom. The van der Waals surface area contributed by atoms with Gasteiger partial charge in [0, 0.05) is 5.56 Å². The van der Waals surface area contributed by atoms with Crippen molar-refractivity contribution in [2.45, 2.75) is 25.0 Å². The van der Waals surface area contributed by atoms with Gasteiger partial charge in [-0.15, -0.1) is 0 Å². The molecule has 0 spiro atoms. The van der Waals surface area contributed by atoms with Crippen molar-refractivity contribution in [2.75, 3.05) is 0 Å². The zero-order valence-electron chi connectivity index (χ0n) is 11.0. The molecule has 1 aliphatic rings. The van der Waals surface area contributed by atoms with Gasteiger partial charge in [0.25, 0.3) is 0 Å². The average molecular weight is 355 g/mol. The van der Waals surface area contributed by atoms with E-state index in [1.807, 2.05) is 6.07 Å². The number of halogens is 3. The molecule has 0 bridgehead atoms. The van der Waals surface area contributed by atoms with Crippen LogP contribution in [0.15, 0.2) is 40.9 Å². The fourth-order valence-electron chi connectivity index (χ4n) is 2.07. The van der Waals surface area contributed by atoms with Crippen molar-refractivity contribution >= 4 is 15.9 Å². The SMILES string of the molecule is OC(c1cccc(OC2CC2)c1)c1ccc(F)c(F)c1Br. The molecule has 0 amide bonds. The van der Waals surface area contributed by atoms with Crippen molar-refractivity contribution < 1.29 is 18.6 Å². The van der Waals surface area contributed by atoms with Crippen LogP contribution in [0.25, 0.3) is 0 Å². The molecule has 110 valence electrons. The molecule has 1 atom stereocenters. The van der Waals surface area contributed by atoms with E-state index in [1.165, 1.54) is 6.07 Å². The molecule has 1 fully saturated rings. The summed E-state index contributed by atoms with van der Waals surface area (Å²) in [5, 5.41) is 10.4. The molecule has 0 aromatic heterocycles. The van der Waals surface area contributed by atoms with E-state index in [-0.39, 0.29) is 16.1 Å². The Balaban J connectivity index is 1.90. The van der Waals surface area contributed by atoms with Gasteiger partial charge in [0.2, 0.25) is 0 Å². The topological polar surface area (TPSA) is 29.5 Å². The summed E-state index contributed by atoms with van der Waals surface area (Å²) in [5.41, 5.74) is 0.845. The molecule has 1 N–H and O–H groups in total. The second-order valence-corrected chi connectivity index (χ2v) is 5.85. The highest BCUT2D eigenvalue weighted by molar-refractivity contribution is 9.10. The van der Waals surface area contributed by atoms with Crippen LogP contribution in [0.1, 0.15) is 30.1 Å². The summed E-state index contributed by atoms with van der Waals surface area (Å²) in [5.74, 6) is -1.28. The molecule has 0 heterocycles. The number of benzene rings is 2. The van der Waals surface area contributed by atoms with Gasteiger partial charge in [0.05, 0.1) is 10.6 Å². The average Bonchev–Trinajstić information content (AvgIpc) is 3.29. The number of hydrogen-bond acceptors (Lipinski definition) is 2. The van der Waals surface area contributed by atoms with Crippen LogP contribution in [0.2, 0.25) is 0 Å². The van der Waals surface area contributed by atoms with Gasteiger partial charge in [-0.1, -0.05) is 18.2 Å². The largest absolute Gasteiger partial charge is 0.490 e. The lowest BCUT2D eigenvalue weighted by Crippen LogP contribution is -2.04. The van der Waals surface area contributed by atoms with E-state index < -0.39 is 17.7 Å². The molecule has 0 aliphatic heterocycles. The van der Waals surface area contributed by atoms with Gasteiger partial charge in [-0.05, 0) is 52.5 Å². The molecule has 0 saturated heterocycles. The fourth-order valence-corrected chi connectivity index (χ4v) is 2.61. The van der Waals surface area contributed by atoms with Gasteiger partial charge in [0.15, 0.2) is 11.6 Å². The Bertz CT molecular complexity index is 671. The van der Waals surface area contributed by atoms with Gasteiger partial charge in [0.1, 0.15) is 11.9 Å². The maximum atomic E-state index is 13.6. The van der Waals surface area contributed by atoms with E-state index in [2.05, 4.69) is 15.9 Å². The molecule has 21 heavy (non-hydrogen) atoms. The second kappa shape index (κ2) is 5.73. The second-order valence-electron chi connectivity index (χ2n) is 5.06. The molecular weight excluding hydrogens is 342 g/mol.